The summed E-state index contributed by atoms with van der Waals surface area (Å²) in [5, 5.41) is 6.73. The summed E-state index contributed by atoms with van der Waals surface area (Å²) in [6.45, 7) is 1.85. The van der Waals surface area contributed by atoms with Crippen LogP contribution in [0.5, 0.6) is 0 Å². The van der Waals surface area contributed by atoms with Gasteiger partial charge in [-0.2, -0.15) is 0 Å². The summed E-state index contributed by atoms with van der Waals surface area (Å²) in [6, 6.07) is 6.68. The molecule has 7 nitrogen and oxygen atoms in total. The number of carbonyl (C=O) groups is 2. The van der Waals surface area contributed by atoms with E-state index in [1.165, 1.54) is 6.07 Å². The summed E-state index contributed by atoms with van der Waals surface area (Å²) in [5.41, 5.74) is 0.120. The van der Waals surface area contributed by atoms with Crippen LogP contribution in [0.1, 0.15) is 29.6 Å². The molecule has 1 aromatic carbocycles. The average Bonchev–Trinajstić information content (AvgIpc) is 2.95. The first kappa shape index (κ1) is 18.2. The Morgan fingerprint density at radius 1 is 1.30 bits per heavy atom. The second-order valence-electron chi connectivity index (χ2n) is 7.18. The molecule has 2 saturated heterocycles. The number of nitrogens with one attached hydrogen (secondary N) is 3. The predicted molar refractivity (Wildman–Crippen MR) is 104 cm³/mol. The predicted octanol–water partition coefficient (Wildman–Crippen LogP) is 1.71. The molecule has 3 heterocycles. The molecule has 2 fully saturated rings. The minimum absolute atomic E-state index is 0.159. The molecule has 1 spiro atoms. The summed E-state index contributed by atoms with van der Waals surface area (Å²) in [4.78, 5) is 39.7. The zero-order valence-corrected chi connectivity index (χ0v) is 16.2. The largest absolute Gasteiger partial charge is 0.460 e. The maximum absolute atomic E-state index is 12.7. The van der Waals surface area contributed by atoms with Crippen molar-refractivity contribution in [1.82, 2.24) is 15.6 Å². The highest BCUT2D eigenvalue weighted by Gasteiger charge is 2.49. The van der Waals surface area contributed by atoms with Gasteiger partial charge >= 0.3 is 5.97 Å². The van der Waals surface area contributed by atoms with Gasteiger partial charge in [0.15, 0.2) is 0 Å². The van der Waals surface area contributed by atoms with Crippen molar-refractivity contribution in [3.63, 3.8) is 0 Å². The monoisotopic (exact) mass is 433 g/mol. The van der Waals surface area contributed by atoms with Gasteiger partial charge in [-0.25, -0.2) is 0 Å². The van der Waals surface area contributed by atoms with Crippen LogP contribution in [0.3, 0.4) is 0 Å². The minimum Gasteiger partial charge on any atom is -0.460 e. The van der Waals surface area contributed by atoms with E-state index in [2.05, 4.69) is 31.5 Å². The van der Waals surface area contributed by atoms with Crippen molar-refractivity contribution in [2.75, 3.05) is 19.6 Å². The Kier molecular flexibility index (Phi) is 4.77. The lowest BCUT2D eigenvalue weighted by Crippen LogP contribution is -2.39. The molecule has 1 atom stereocenters. The number of cyclic esters (lactones) is 1. The van der Waals surface area contributed by atoms with Gasteiger partial charge in [0.25, 0.3) is 5.91 Å². The Hall–Kier alpha value is -2.19. The molecule has 1 amide bonds. The van der Waals surface area contributed by atoms with Crippen LogP contribution >= 0.6 is 15.9 Å². The number of para-hydroxylation sites is 1. The fourth-order valence-electron chi connectivity index (χ4n) is 4.00. The Morgan fingerprint density at radius 2 is 2.07 bits per heavy atom. The van der Waals surface area contributed by atoms with Crippen LogP contribution in [0.2, 0.25) is 0 Å². The van der Waals surface area contributed by atoms with E-state index in [1.807, 2.05) is 0 Å². The minimum atomic E-state index is -0.415. The van der Waals surface area contributed by atoms with Gasteiger partial charge < -0.3 is 20.4 Å². The van der Waals surface area contributed by atoms with Crippen LogP contribution in [0.15, 0.2) is 33.5 Å². The van der Waals surface area contributed by atoms with Gasteiger partial charge in [-0.05, 0) is 47.9 Å². The Balaban J connectivity index is 1.49. The van der Waals surface area contributed by atoms with Crippen LogP contribution < -0.4 is 16.2 Å². The van der Waals surface area contributed by atoms with Crippen molar-refractivity contribution in [1.29, 1.82) is 0 Å². The summed E-state index contributed by atoms with van der Waals surface area (Å²) < 4.78 is 6.23. The molecule has 142 valence electrons. The lowest BCUT2D eigenvalue weighted by atomic mass is 9.76. The number of ether oxygens (including phenoxy) is 1. The molecule has 3 N–H and O–H groups in total. The van der Waals surface area contributed by atoms with Crippen molar-refractivity contribution in [2.45, 2.75) is 25.4 Å². The van der Waals surface area contributed by atoms with Crippen molar-refractivity contribution in [3.05, 3.63) is 44.7 Å². The maximum atomic E-state index is 12.7. The number of pyridine rings is 1. The second kappa shape index (κ2) is 7.09. The van der Waals surface area contributed by atoms with E-state index < -0.39 is 5.41 Å². The van der Waals surface area contributed by atoms with E-state index in [0.29, 0.717) is 27.4 Å². The summed E-state index contributed by atoms with van der Waals surface area (Å²) in [7, 11) is 0. The standard InChI is InChI=1S/C19H20BrN3O4/c20-14-3-1-2-12-13(8-15(24)23-16(12)14)17(25)22-10-11-9-19(18(26)27-11)4-6-21-7-5-19/h1-3,8,11,21H,4-7,9-10H2,(H,22,25)(H,23,24). The number of aromatic nitrogens is 1. The van der Waals surface area contributed by atoms with Gasteiger partial charge in [0.2, 0.25) is 5.56 Å². The molecule has 8 heteroatoms. The highest BCUT2D eigenvalue weighted by atomic mass is 79.9. The summed E-state index contributed by atoms with van der Waals surface area (Å²) in [5.74, 6) is -0.514. The average molecular weight is 434 g/mol. The molecule has 1 aromatic heterocycles. The highest BCUT2D eigenvalue weighted by Crippen LogP contribution is 2.41. The molecule has 0 bridgehead atoms. The molecule has 2 aromatic rings. The normalized spacial score (nSPS) is 21.4. The van der Waals surface area contributed by atoms with Crippen molar-refractivity contribution >= 4 is 38.7 Å². The zero-order chi connectivity index (χ0) is 19.0. The quantitative estimate of drug-likeness (QED) is 0.639. The second-order valence-corrected chi connectivity index (χ2v) is 8.04. The first-order chi connectivity index (χ1) is 13.0. The Bertz CT molecular complexity index is 965. The third-order valence-electron chi connectivity index (χ3n) is 5.45. The van der Waals surface area contributed by atoms with Crippen molar-refractivity contribution < 1.29 is 14.3 Å². The highest BCUT2D eigenvalue weighted by molar-refractivity contribution is 9.10. The lowest BCUT2D eigenvalue weighted by molar-refractivity contribution is -0.149. The van der Waals surface area contributed by atoms with E-state index in [4.69, 9.17) is 4.74 Å². The molecular formula is C19H20BrN3O4. The fraction of sp³-hybridized carbons (Fsp3) is 0.421. The molecular weight excluding hydrogens is 414 g/mol. The van der Waals surface area contributed by atoms with Crippen LogP contribution in [0.25, 0.3) is 10.9 Å². The SMILES string of the molecule is O=C(NCC1CC2(CCNCC2)C(=O)O1)c1cc(=O)[nH]c2c(Br)cccc12. The number of hydrogen-bond acceptors (Lipinski definition) is 5. The van der Waals surface area contributed by atoms with E-state index >= 15 is 0 Å². The van der Waals surface area contributed by atoms with Gasteiger partial charge in [0.1, 0.15) is 6.10 Å². The topological polar surface area (TPSA) is 100 Å². The first-order valence-corrected chi connectivity index (χ1v) is 9.79. The smallest absolute Gasteiger partial charge is 0.312 e. The number of benzene rings is 1. The number of piperidine rings is 1. The number of hydrogen-bond donors (Lipinski definition) is 3. The molecule has 0 aliphatic carbocycles. The first-order valence-electron chi connectivity index (χ1n) is 9.00. The van der Waals surface area contributed by atoms with Crippen LogP contribution in [0, 0.1) is 5.41 Å². The molecule has 1 unspecified atom stereocenters. The van der Waals surface area contributed by atoms with E-state index in [9.17, 15) is 14.4 Å². The summed E-state index contributed by atoms with van der Waals surface area (Å²) in [6.07, 6.45) is 1.82. The van der Waals surface area contributed by atoms with E-state index in [1.54, 1.807) is 18.2 Å². The van der Waals surface area contributed by atoms with Crippen LogP contribution in [-0.4, -0.2) is 42.6 Å². The lowest BCUT2D eigenvalue weighted by Gasteiger charge is -2.29. The van der Waals surface area contributed by atoms with Crippen molar-refractivity contribution in [2.24, 2.45) is 5.41 Å². The number of halogens is 1. The zero-order valence-electron chi connectivity index (χ0n) is 14.6. The molecule has 27 heavy (non-hydrogen) atoms. The Labute approximate surface area is 164 Å². The number of fused-ring (bicyclic) bond motifs is 1. The maximum Gasteiger partial charge on any atom is 0.312 e. The van der Waals surface area contributed by atoms with Crippen LogP contribution in [0.4, 0.5) is 0 Å². The fourth-order valence-corrected chi connectivity index (χ4v) is 4.46. The van der Waals surface area contributed by atoms with Gasteiger partial charge in [-0.1, -0.05) is 12.1 Å². The number of amides is 1. The van der Waals surface area contributed by atoms with E-state index in [0.717, 1.165) is 25.9 Å². The molecule has 2 aliphatic heterocycles. The third-order valence-corrected chi connectivity index (χ3v) is 6.11. The molecule has 4 rings (SSSR count). The van der Waals surface area contributed by atoms with Gasteiger partial charge in [-0.15, -0.1) is 0 Å². The molecule has 0 saturated carbocycles. The number of aromatic amines is 1. The van der Waals surface area contributed by atoms with Gasteiger partial charge in [0, 0.05) is 22.3 Å². The number of esters is 1. The van der Waals surface area contributed by atoms with Gasteiger partial charge in [-0.3, -0.25) is 14.4 Å². The Morgan fingerprint density at radius 3 is 2.85 bits per heavy atom. The van der Waals surface area contributed by atoms with Crippen molar-refractivity contribution in [3.8, 4) is 0 Å². The number of rotatable bonds is 3. The number of carbonyl (C=O) groups excluding carboxylic acids is 2. The van der Waals surface area contributed by atoms with Gasteiger partial charge in [0.05, 0.1) is 23.0 Å². The number of H-pyrrole nitrogens is 1. The van der Waals surface area contributed by atoms with E-state index in [-0.39, 0.29) is 30.1 Å². The third kappa shape index (κ3) is 3.39. The molecule has 2 aliphatic rings. The molecule has 0 radical (unpaired) electrons. The van der Waals surface area contributed by atoms with Crippen LogP contribution in [-0.2, 0) is 9.53 Å². The summed E-state index contributed by atoms with van der Waals surface area (Å²) >= 11 is 3.39.